The van der Waals surface area contributed by atoms with E-state index in [1.807, 2.05) is 7.05 Å². The van der Waals surface area contributed by atoms with Crippen LogP contribution in [0.4, 0.5) is 5.82 Å². The lowest BCUT2D eigenvalue weighted by atomic mass is 9.96. The molecule has 0 radical (unpaired) electrons. The van der Waals surface area contributed by atoms with Gasteiger partial charge in [-0.3, -0.25) is 4.68 Å². The van der Waals surface area contributed by atoms with Crippen molar-refractivity contribution in [2.45, 2.75) is 33.6 Å². The summed E-state index contributed by atoms with van der Waals surface area (Å²) in [5.41, 5.74) is 11.9. The molecule has 3 heteroatoms. The van der Waals surface area contributed by atoms with Gasteiger partial charge in [0.05, 0.1) is 5.69 Å². The Morgan fingerprint density at radius 2 is 1.67 bits per heavy atom. The quantitative estimate of drug-likeness (QED) is 0.878. The fourth-order valence-electron chi connectivity index (χ4n) is 2.45. The molecule has 0 fully saturated rings. The highest BCUT2D eigenvalue weighted by atomic mass is 15.3. The molecule has 0 bridgehead atoms. The van der Waals surface area contributed by atoms with Gasteiger partial charge in [0.2, 0.25) is 0 Å². The molecule has 0 atom stereocenters. The van der Waals surface area contributed by atoms with E-state index in [1.165, 1.54) is 11.1 Å². The summed E-state index contributed by atoms with van der Waals surface area (Å²) >= 11 is 0. The fraction of sp³-hybridized carbons (Fsp3) is 0.400. The lowest BCUT2D eigenvalue weighted by Crippen LogP contribution is -2.00. The fourth-order valence-corrected chi connectivity index (χ4v) is 2.45. The molecule has 2 rings (SSSR count). The number of nitrogen functional groups attached to an aromatic ring is 1. The molecule has 2 N–H and O–H groups in total. The lowest BCUT2D eigenvalue weighted by Gasteiger charge is -2.08. The summed E-state index contributed by atoms with van der Waals surface area (Å²) in [4.78, 5) is 0. The Kier molecular flexibility index (Phi) is 3.16. The molecule has 0 aliphatic rings. The number of rotatable bonds is 2. The van der Waals surface area contributed by atoms with Gasteiger partial charge in [-0.25, -0.2) is 0 Å². The zero-order valence-corrected chi connectivity index (χ0v) is 11.8. The molecule has 0 saturated heterocycles. The van der Waals surface area contributed by atoms with Crippen LogP contribution >= 0.6 is 0 Å². The van der Waals surface area contributed by atoms with Crippen molar-refractivity contribution >= 4 is 5.82 Å². The van der Waals surface area contributed by atoms with Gasteiger partial charge >= 0.3 is 0 Å². The second-order valence-corrected chi connectivity index (χ2v) is 5.30. The van der Waals surface area contributed by atoms with Gasteiger partial charge in [0.15, 0.2) is 0 Å². The van der Waals surface area contributed by atoms with Crippen LogP contribution in [0.5, 0.6) is 0 Å². The molecule has 1 aromatic carbocycles. The Labute approximate surface area is 109 Å². The van der Waals surface area contributed by atoms with Crippen LogP contribution < -0.4 is 5.73 Å². The third kappa shape index (κ3) is 2.13. The highest BCUT2D eigenvalue weighted by molar-refractivity contribution is 5.70. The second kappa shape index (κ2) is 4.48. The Hall–Kier alpha value is -1.77. The summed E-state index contributed by atoms with van der Waals surface area (Å²) in [6.07, 6.45) is 0. The van der Waals surface area contributed by atoms with E-state index in [0.717, 1.165) is 22.6 Å². The predicted octanol–water partition coefficient (Wildman–Crippen LogP) is 3.41. The number of hydrogen-bond acceptors (Lipinski definition) is 2. The van der Waals surface area contributed by atoms with Gasteiger partial charge in [-0.15, -0.1) is 0 Å². The van der Waals surface area contributed by atoms with Crippen molar-refractivity contribution in [3.05, 3.63) is 34.9 Å². The Balaban J connectivity index is 2.67. The summed E-state index contributed by atoms with van der Waals surface area (Å²) in [6.45, 7) is 8.52. The molecule has 0 unspecified atom stereocenters. The Morgan fingerprint density at radius 3 is 2.17 bits per heavy atom. The van der Waals surface area contributed by atoms with Crippen molar-refractivity contribution < 1.29 is 0 Å². The summed E-state index contributed by atoms with van der Waals surface area (Å²) < 4.78 is 1.77. The molecule has 96 valence electrons. The van der Waals surface area contributed by atoms with Crippen molar-refractivity contribution in [3.8, 4) is 11.3 Å². The van der Waals surface area contributed by atoms with Gasteiger partial charge in [-0.05, 0) is 31.9 Å². The molecule has 2 aromatic rings. The van der Waals surface area contributed by atoms with E-state index in [1.54, 1.807) is 4.68 Å². The van der Waals surface area contributed by atoms with Crippen molar-refractivity contribution in [2.75, 3.05) is 5.73 Å². The van der Waals surface area contributed by atoms with Crippen molar-refractivity contribution in [1.29, 1.82) is 0 Å². The van der Waals surface area contributed by atoms with Crippen LogP contribution in [0.1, 0.15) is 36.5 Å². The van der Waals surface area contributed by atoms with Gasteiger partial charge < -0.3 is 5.73 Å². The smallest absolute Gasteiger partial charge is 0.125 e. The van der Waals surface area contributed by atoms with Crippen LogP contribution in [0, 0.1) is 13.8 Å². The van der Waals surface area contributed by atoms with Crippen LogP contribution in [0.2, 0.25) is 0 Å². The van der Waals surface area contributed by atoms with Crippen molar-refractivity contribution in [1.82, 2.24) is 9.78 Å². The average Bonchev–Trinajstić information content (AvgIpc) is 2.54. The molecule has 0 amide bonds. The minimum atomic E-state index is 0.370. The number of aromatic nitrogens is 2. The minimum absolute atomic E-state index is 0.370. The molecular formula is C15H21N3. The third-order valence-electron chi connectivity index (χ3n) is 3.20. The zero-order chi connectivity index (χ0) is 13.4. The first-order valence-corrected chi connectivity index (χ1v) is 6.31. The van der Waals surface area contributed by atoms with Crippen LogP contribution in [0.15, 0.2) is 18.2 Å². The molecule has 3 nitrogen and oxygen atoms in total. The minimum Gasteiger partial charge on any atom is -0.384 e. The maximum Gasteiger partial charge on any atom is 0.125 e. The number of benzene rings is 1. The summed E-state index contributed by atoms with van der Waals surface area (Å²) in [6, 6.07) is 6.51. The number of anilines is 1. The van der Waals surface area contributed by atoms with Crippen molar-refractivity contribution in [2.24, 2.45) is 7.05 Å². The van der Waals surface area contributed by atoms with Gasteiger partial charge in [-0.1, -0.05) is 31.0 Å². The normalized spacial score (nSPS) is 11.2. The van der Waals surface area contributed by atoms with E-state index in [2.05, 4.69) is 51.0 Å². The van der Waals surface area contributed by atoms with Crippen LogP contribution in [-0.4, -0.2) is 9.78 Å². The molecule has 0 spiro atoms. The maximum atomic E-state index is 6.12. The number of aryl methyl sites for hydroxylation is 3. The summed E-state index contributed by atoms with van der Waals surface area (Å²) in [7, 11) is 1.90. The number of hydrogen-bond donors (Lipinski definition) is 1. The Morgan fingerprint density at radius 1 is 1.11 bits per heavy atom. The topological polar surface area (TPSA) is 43.8 Å². The standard InChI is InChI=1S/C15H21N3/c1-9(2)13-14(17-18(5)15(13)16)12-7-10(3)6-11(4)8-12/h6-9H,16H2,1-5H3. The third-order valence-corrected chi connectivity index (χ3v) is 3.20. The first-order chi connectivity index (χ1) is 8.40. The number of nitrogens with two attached hydrogens (primary N) is 1. The predicted molar refractivity (Wildman–Crippen MR) is 76.6 cm³/mol. The number of nitrogens with zero attached hydrogens (tertiary/aromatic N) is 2. The van der Waals surface area contributed by atoms with Gasteiger partial charge in [0, 0.05) is 18.2 Å². The highest BCUT2D eigenvalue weighted by Gasteiger charge is 2.18. The van der Waals surface area contributed by atoms with Crippen LogP contribution in [-0.2, 0) is 7.05 Å². The van der Waals surface area contributed by atoms with E-state index in [9.17, 15) is 0 Å². The molecule has 0 saturated carbocycles. The van der Waals surface area contributed by atoms with E-state index in [-0.39, 0.29) is 0 Å². The molecule has 0 aliphatic carbocycles. The first kappa shape index (κ1) is 12.7. The first-order valence-electron chi connectivity index (χ1n) is 6.31. The Bertz CT molecular complexity index is 559. The van der Waals surface area contributed by atoms with Crippen molar-refractivity contribution in [3.63, 3.8) is 0 Å². The molecule has 18 heavy (non-hydrogen) atoms. The van der Waals surface area contributed by atoms with E-state index in [0.29, 0.717) is 5.92 Å². The highest BCUT2D eigenvalue weighted by Crippen LogP contribution is 2.33. The lowest BCUT2D eigenvalue weighted by molar-refractivity contribution is 0.780. The molecule has 0 aliphatic heterocycles. The SMILES string of the molecule is Cc1cc(C)cc(-c2nn(C)c(N)c2C(C)C)c1. The summed E-state index contributed by atoms with van der Waals surface area (Å²) in [5, 5.41) is 4.58. The second-order valence-electron chi connectivity index (χ2n) is 5.30. The molecular weight excluding hydrogens is 222 g/mol. The van der Waals surface area contributed by atoms with E-state index in [4.69, 9.17) is 5.73 Å². The van der Waals surface area contributed by atoms with Gasteiger partial charge in [-0.2, -0.15) is 5.10 Å². The molecule has 1 aromatic heterocycles. The van der Waals surface area contributed by atoms with Crippen LogP contribution in [0.3, 0.4) is 0 Å². The van der Waals surface area contributed by atoms with E-state index < -0.39 is 0 Å². The summed E-state index contributed by atoms with van der Waals surface area (Å²) in [5.74, 6) is 1.13. The van der Waals surface area contributed by atoms with Crippen LogP contribution in [0.25, 0.3) is 11.3 Å². The van der Waals surface area contributed by atoms with E-state index >= 15 is 0 Å². The monoisotopic (exact) mass is 243 g/mol. The molecule has 1 heterocycles. The maximum absolute atomic E-state index is 6.12. The average molecular weight is 243 g/mol. The van der Waals surface area contributed by atoms with Gasteiger partial charge in [0.25, 0.3) is 0 Å². The van der Waals surface area contributed by atoms with Gasteiger partial charge in [0.1, 0.15) is 5.82 Å². The largest absolute Gasteiger partial charge is 0.384 e. The zero-order valence-electron chi connectivity index (χ0n) is 11.8.